The number of benzene rings is 2. The van der Waals surface area contributed by atoms with Crippen LogP contribution >= 0.6 is 0 Å². The fraction of sp³-hybridized carbons (Fsp3) is 0.176. The number of para-hydroxylation sites is 1. The molecule has 26 heavy (non-hydrogen) atoms. The third-order valence-electron chi connectivity index (χ3n) is 3.86. The van der Waals surface area contributed by atoms with Crippen molar-refractivity contribution < 1.29 is 22.4 Å². The first-order valence-electron chi connectivity index (χ1n) is 7.81. The third kappa shape index (κ3) is 3.73. The molecule has 1 saturated heterocycles. The number of halogens is 1. The first-order chi connectivity index (χ1) is 12.4. The average molecular weight is 377 g/mol. The quantitative estimate of drug-likeness (QED) is 0.837. The van der Waals surface area contributed by atoms with Gasteiger partial charge >= 0.3 is 0 Å². The van der Waals surface area contributed by atoms with Crippen LogP contribution in [0.15, 0.2) is 53.4 Å². The van der Waals surface area contributed by atoms with Gasteiger partial charge in [0.15, 0.2) is 0 Å². The van der Waals surface area contributed by atoms with Crippen LogP contribution in [0.2, 0.25) is 0 Å². The largest absolute Gasteiger partial charge is 0.354 e. The first kappa shape index (κ1) is 18.0. The third-order valence-corrected chi connectivity index (χ3v) is 5.70. The first-order valence-corrected chi connectivity index (χ1v) is 9.25. The van der Waals surface area contributed by atoms with Crippen LogP contribution in [0.25, 0.3) is 0 Å². The van der Waals surface area contributed by atoms with Gasteiger partial charge in [0.25, 0.3) is 5.91 Å². The molecule has 0 aromatic heterocycles. The number of anilines is 1. The molecule has 9 heteroatoms. The molecule has 0 bridgehead atoms. The topological polar surface area (TPSA) is 95.6 Å². The molecule has 1 heterocycles. The van der Waals surface area contributed by atoms with Gasteiger partial charge in [-0.2, -0.15) is 4.31 Å². The van der Waals surface area contributed by atoms with Crippen LogP contribution in [0.1, 0.15) is 10.4 Å². The predicted octanol–water partition coefficient (Wildman–Crippen LogP) is 1.20. The standard InChI is InChI=1S/C17H16FN3O4S/c18-14-6-1-2-7-15(14)20-17(23)12-4-3-5-13(10-12)26(24,25)21-9-8-19-16(22)11-21/h1-7,10H,8-9,11H2,(H,19,22)(H,20,23). The summed E-state index contributed by atoms with van der Waals surface area (Å²) in [5, 5.41) is 4.96. The Hall–Kier alpha value is -2.78. The molecule has 3 rings (SSSR count). The Balaban J connectivity index is 1.84. The fourth-order valence-electron chi connectivity index (χ4n) is 2.52. The number of hydrogen-bond acceptors (Lipinski definition) is 4. The number of piperazine rings is 1. The van der Waals surface area contributed by atoms with Gasteiger partial charge in [0.2, 0.25) is 15.9 Å². The lowest BCUT2D eigenvalue weighted by Gasteiger charge is -2.26. The van der Waals surface area contributed by atoms with E-state index in [0.29, 0.717) is 0 Å². The highest BCUT2D eigenvalue weighted by molar-refractivity contribution is 7.89. The Labute approximate surface area is 149 Å². The summed E-state index contributed by atoms with van der Waals surface area (Å²) >= 11 is 0. The van der Waals surface area contributed by atoms with E-state index >= 15 is 0 Å². The maximum Gasteiger partial charge on any atom is 0.255 e. The maximum atomic E-state index is 13.7. The van der Waals surface area contributed by atoms with Crippen molar-refractivity contribution in [3.05, 3.63) is 59.9 Å². The number of amides is 2. The van der Waals surface area contributed by atoms with E-state index in [1.807, 2.05) is 0 Å². The summed E-state index contributed by atoms with van der Waals surface area (Å²) in [5.74, 6) is -1.61. The second kappa shape index (κ2) is 7.22. The van der Waals surface area contributed by atoms with Crippen molar-refractivity contribution in [3.8, 4) is 0 Å². The SMILES string of the molecule is O=C1CN(S(=O)(=O)c2cccc(C(=O)Nc3ccccc3F)c2)CCN1. The molecule has 1 aliphatic heterocycles. The van der Waals surface area contributed by atoms with E-state index in [2.05, 4.69) is 10.6 Å². The van der Waals surface area contributed by atoms with E-state index < -0.39 is 21.7 Å². The molecule has 2 N–H and O–H groups in total. The number of rotatable bonds is 4. The zero-order valence-electron chi connectivity index (χ0n) is 13.6. The Morgan fingerprint density at radius 3 is 2.65 bits per heavy atom. The summed E-state index contributed by atoms with van der Waals surface area (Å²) in [4.78, 5) is 23.7. The summed E-state index contributed by atoms with van der Waals surface area (Å²) < 4.78 is 40.1. The van der Waals surface area contributed by atoms with Gasteiger partial charge in [-0.05, 0) is 30.3 Å². The van der Waals surface area contributed by atoms with E-state index in [0.717, 1.165) is 4.31 Å². The summed E-state index contributed by atoms with van der Waals surface area (Å²) in [5.41, 5.74) is 0.0641. The van der Waals surface area contributed by atoms with Crippen LogP contribution in [-0.2, 0) is 14.8 Å². The van der Waals surface area contributed by atoms with E-state index in [9.17, 15) is 22.4 Å². The van der Waals surface area contributed by atoms with E-state index in [1.54, 1.807) is 6.07 Å². The minimum absolute atomic E-state index is 0.00142. The molecule has 2 amide bonds. The number of hydrogen-bond donors (Lipinski definition) is 2. The number of nitrogens with zero attached hydrogens (tertiary/aromatic N) is 1. The van der Waals surface area contributed by atoms with Gasteiger partial charge in [-0.3, -0.25) is 9.59 Å². The molecule has 2 aromatic carbocycles. The van der Waals surface area contributed by atoms with Gasteiger partial charge in [0.05, 0.1) is 17.1 Å². The van der Waals surface area contributed by atoms with Gasteiger partial charge in [-0.25, -0.2) is 12.8 Å². The molecule has 2 aromatic rings. The van der Waals surface area contributed by atoms with Crippen molar-refractivity contribution >= 4 is 27.5 Å². The number of carbonyl (C=O) groups is 2. The van der Waals surface area contributed by atoms with Crippen LogP contribution in [0.5, 0.6) is 0 Å². The van der Waals surface area contributed by atoms with Gasteiger partial charge in [0, 0.05) is 18.7 Å². The summed E-state index contributed by atoms with van der Waals surface area (Å²) in [6.45, 7) is 0.110. The molecule has 0 atom stereocenters. The van der Waals surface area contributed by atoms with Crippen molar-refractivity contribution in [3.63, 3.8) is 0 Å². The molecule has 0 unspecified atom stereocenters. The zero-order valence-corrected chi connectivity index (χ0v) is 14.4. The molecule has 0 spiro atoms. The molecular weight excluding hydrogens is 361 g/mol. The second-order valence-corrected chi connectivity index (χ2v) is 7.59. The average Bonchev–Trinajstić information content (AvgIpc) is 2.63. The fourth-order valence-corrected chi connectivity index (χ4v) is 3.97. The zero-order chi connectivity index (χ0) is 18.7. The Bertz CT molecular complexity index is 962. The van der Waals surface area contributed by atoms with Crippen molar-refractivity contribution in [2.45, 2.75) is 4.90 Å². The normalized spacial score (nSPS) is 15.3. The number of carbonyl (C=O) groups excluding carboxylic acids is 2. The second-order valence-electron chi connectivity index (χ2n) is 5.65. The lowest BCUT2D eigenvalue weighted by molar-refractivity contribution is -0.122. The highest BCUT2D eigenvalue weighted by Crippen LogP contribution is 2.19. The number of nitrogens with one attached hydrogen (secondary N) is 2. The Kier molecular flexibility index (Phi) is 5.01. The van der Waals surface area contributed by atoms with Crippen LogP contribution in [0, 0.1) is 5.82 Å². The number of sulfonamides is 1. The Morgan fingerprint density at radius 2 is 1.92 bits per heavy atom. The summed E-state index contributed by atoms with van der Waals surface area (Å²) in [7, 11) is -3.91. The van der Waals surface area contributed by atoms with Crippen LogP contribution in [0.4, 0.5) is 10.1 Å². The lowest BCUT2D eigenvalue weighted by Crippen LogP contribution is -2.49. The molecule has 0 saturated carbocycles. The Morgan fingerprint density at radius 1 is 1.15 bits per heavy atom. The lowest BCUT2D eigenvalue weighted by atomic mass is 10.2. The smallest absolute Gasteiger partial charge is 0.255 e. The minimum atomic E-state index is -3.91. The highest BCUT2D eigenvalue weighted by Gasteiger charge is 2.29. The molecule has 1 aliphatic rings. The molecular formula is C17H16FN3O4S. The van der Waals surface area contributed by atoms with Crippen LogP contribution in [0.3, 0.4) is 0 Å². The molecule has 7 nitrogen and oxygen atoms in total. The molecule has 1 fully saturated rings. The van der Waals surface area contributed by atoms with Crippen molar-refractivity contribution in [2.24, 2.45) is 0 Å². The maximum absolute atomic E-state index is 13.7. The minimum Gasteiger partial charge on any atom is -0.354 e. The molecule has 0 radical (unpaired) electrons. The summed E-state index contributed by atoms with van der Waals surface area (Å²) in [6, 6.07) is 11.1. The van der Waals surface area contributed by atoms with Crippen molar-refractivity contribution in [1.82, 2.24) is 9.62 Å². The van der Waals surface area contributed by atoms with Crippen LogP contribution < -0.4 is 10.6 Å². The summed E-state index contributed by atoms with van der Waals surface area (Å²) in [6.07, 6.45) is 0. The predicted molar refractivity (Wildman–Crippen MR) is 92.6 cm³/mol. The van der Waals surface area contributed by atoms with Crippen molar-refractivity contribution in [1.29, 1.82) is 0 Å². The van der Waals surface area contributed by atoms with E-state index in [1.165, 1.54) is 42.5 Å². The molecule has 136 valence electrons. The van der Waals surface area contributed by atoms with E-state index in [-0.39, 0.29) is 41.7 Å². The highest BCUT2D eigenvalue weighted by atomic mass is 32.2. The van der Waals surface area contributed by atoms with Gasteiger partial charge in [-0.15, -0.1) is 0 Å². The molecule has 0 aliphatic carbocycles. The van der Waals surface area contributed by atoms with Crippen molar-refractivity contribution in [2.75, 3.05) is 25.0 Å². The van der Waals surface area contributed by atoms with E-state index in [4.69, 9.17) is 0 Å². The van der Waals surface area contributed by atoms with Crippen LogP contribution in [-0.4, -0.2) is 44.2 Å². The monoisotopic (exact) mass is 377 g/mol. The van der Waals surface area contributed by atoms with Gasteiger partial charge in [0.1, 0.15) is 5.82 Å². The van der Waals surface area contributed by atoms with Gasteiger partial charge in [-0.1, -0.05) is 18.2 Å². The van der Waals surface area contributed by atoms with Gasteiger partial charge < -0.3 is 10.6 Å².